The number of hydrogen-bond acceptors (Lipinski definition) is 4. The van der Waals surface area contributed by atoms with Gasteiger partial charge in [0.15, 0.2) is 5.78 Å². The molecule has 1 unspecified atom stereocenters. The predicted molar refractivity (Wildman–Crippen MR) is 160 cm³/mol. The van der Waals surface area contributed by atoms with Gasteiger partial charge in [0.25, 0.3) is 0 Å². The van der Waals surface area contributed by atoms with Crippen LogP contribution < -0.4 is 4.74 Å². The SMILES string of the molecule is CC(C)c1cc2c(cc1OCC(O)CN(C1CCCCC1)C1CCCCC1)[C@@]1(C)CCCC(C)(C)[C@@H]1CC2=O. The van der Waals surface area contributed by atoms with Crippen LogP contribution in [0.2, 0.25) is 0 Å². The molecule has 218 valence electrons. The summed E-state index contributed by atoms with van der Waals surface area (Å²) in [5.41, 5.74) is 3.37. The average molecular weight is 538 g/mol. The predicted octanol–water partition coefficient (Wildman–Crippen LogP) is 8.19. The number of aliphatic hydroxyl groups excluding tert-OH is 1. The van der Waals surface area contributed by atoms with Gasteiger partial charge in [-0.25, -0.2) is 0 Å². The van der Waals surface area contributed by atoms with E-state index in [0.717, 1.165) is 23.3 Å². The number of fused-ring (bicyclic) bond motifs is 3. The molecular formula is C35H55NO3. The number of carbonyl (C=O) groups is 1. The van der Waals surface area contributed by atoms with Crippen molar-refractivity contribution in [3.8, 4) is 5.75 Å². The van der Waals surface area contributed by atoms with Crippen molar-refractivity contribution in [2.24, 2.45) is 11.3 Å². The molecule has 0 aromatic heterocycles. The van der Waals surface area contributed by atoms with E-state index in [0.29, 0.717) is 43.4 Å². The number of ketones is 1. The van der Waals surface area contributed by atoms with Gasteiger partial charge in [0.1, 0.15) is 18.5 Å². The second-order valence-electron chi connectivity index (χ2n) is 14.8. The lowest BCUT2D eigenvalue weighted by Gasteiger charge is -2.54. The van der Waals surface area contributed by atoms with E-state index in [1.54, 1.807) is 0 Å². The number of benzene rings is 1. The van der Waals surface area contributed by atoms with Gasteiger partial charge in [0.2, 0.25) is 0 Å². The Morgan fingerprint density at radius 3 is 2.13 bits per heavy atom. The molecule has 39 heavy (non-hydrogen) atoms. The standard InChI is InChI=1S/C35H55NO3/c1-24(2)28-19-29-30(35(5)18-12-17-34(3,4)33(35)21-31(29)38)20-32(28)39-23-27(37)22-36(25-13-8-6-9-14-25)26-15-10-7-11-16-26/h19-20,24-27,33,37H,6-18,21-23H2,1-5H3/t27?,33-,35+/m0/s1. The van der Waals surface area contributed by atoms with Gasteiger partial charge in [-0.15, -0.1) is 0 Å². The van der Waals surface area contributed by atoms with Crippen LogP contribution in [-0.2, 0) is 5.41 Å². The molecule has 0 amide bonds. The molecule has 3 saturated carbocycles. The van der Waals surface area contributed by atoms with Crippen LogP contribution in [0, 0.1) is 11.3 Å². The van der Waals surface area contributed by atoms with Crippen LogP contribution in [0.1, 0.15) is 152 Å². The Morgan fingerprint density at radius 2 is 1.54 bits per heavy atom. The first-order valence-corrected chi connectivity index (χ1v) is 16.4. The molecule has 4 aliphatic carbocycles. The van der Waals surface area contributed by atoms with Crippen LogP contribution in [0.25, 0.3) is 0 Å². The van der Waals surface area contributed by atoms with Crippen molar-refractivity contribution in [1.29, 1.82) is 0 Å². The van der Waals surface area contributed by atoms with Gasteiger partial charge in [-0.05, 0) is 84.5 Å². The van der Waals surface area contributed by atoms with Crippen LogP contribution in [0.3, 0.4) is 0 Å². The Bertz CT molecular complexity index is 985. The Morgan fingerprint density at radius 1 is 0.923 bits per heavy atom. The number of rotatable bonds is 8. The Labute approximate surface area is 238 Å². The Kier molecular flexibility index (Phi) is 8.84. The lowest BCUT2D eigenvalue weighted by atomic mass is 9.50. The van der Waals surface area contributed by atoms with Crippen LogP contribution in [0.5, 0.6) is 5.75 Å². The van der Waals surface area contributed by atoms with E-state index in [1.165, 1.54) is 82.6 Å². The van der Waals surface area contributed by atoms with Crippen LogP contribution >= 0.6 is 0 Å². The van der Waals surface area contributed by atoms with Crippen molar-refractivity contribution in [2.75, 3.05) is 13.2 Å². The number of nitrogens with zero attached hydrogens (tertiary/aromatic N) is 1. The lowest BCUT2D eigenvalue weighted by molar-refractivity contribution is 0.0114. The first kappa shape index (κ1) is 29.1. The summed E-state index contributed by atoms with van der Waals surface area (Å²) in [5, 5.41) is 11.3. The number of hydrogen-bond donors (Lipinski definition) is 1. The van der Waals surface area contributed by atoms with Gasteiger partial charge in [0, 0.05) is 30.6 Å². The van der Waals surface area contributed by atoms with Crippen molar-refractivity contribution in [1.82, 2.24) is 4.90 Å². The zero-order chi connectivity index (χ0) is 27.8. The summed E-state index contributed by atoms with van der Waals surface area (Å²) in [6, 6.07) is 5.58. The number of aliphatic hydroxyl groups is 1. The van der Waals surface area contributed by atoms with Gasteiger partial charge in [-0.3, -0.25) is 9.69 Å². The summed E-state index contributed by atoms with van der Waals surface area (Å²) in [4.78, 5) is 16.1. The highest BCUT2D eigenvalue weighted by atomic mass is 16.5. The fourth-order valence-electron chi connectivity index (χ4n) is 9.02. The molecular weight excluding hydrogens is 482 g/mol. The largest absolute Gasteiger partial charge is 0.491 e. The van der Waals surface area contributed by atoms with Crippen molar-refractivity contribution in [3.05, 3.63) is 28.8 Å². The number of carbonyl (C=O) groups excluding carboxylic acids is 1. The third-order valence-electron chi connectivity index (χ3n) is 11.2. The molecule has 1 aromatic rings. The number of ether oxygens (including phenoxy) is 1. The normalized spacial score (nSPS) is 28.8. The molecule has 0 radical (unpaired) electrons. The molecule has 3 atom stereocenters. The van der Waals surface area contributed by atoms with Gasteiger partial charge >= 0.3 is 0 Å². The van der Waals surface area contributed by atoms with Crippen molar-refractivity contribution >= 4 is 5.78 Å². The minimum atomic E-state index is -0.511. The fraction of sp³-hybridized carbons (Fsp3) is 0.800. The summed E-state index contributed by atoms with van der Waals surface area (Å²) in [6.45, 7) is 12.5. The van der Waals surface area contributed by atoms with Gasteiger partial charge in [-0.2, -0.15) is 0 Å². The van der Waals surface area contributed by atoms with E-state index in [2.05, 4.69) is 51.7 Å². The zero-order valence-electron chi connectivity index (χ0n) is 25.6. The van der Waals surface area contributed by atoms with Gasteiger partial charge in [-0.1, -0.05) is 79.6 Å². The van der Waals surface area contributed by atoms with Gasteiger partial charge in [0.05, 0.1) is 0 Å². The highest BCUT2D eigenvalue weighted by Crippen LogP contribution is 2.57. The topological polar surface area (TPSA) is 49.8 Å². The second-order valence-corrected chi connectivity index (χ2v) is 14.8. The summed E-state index contributed by atoms with van der Waals surface area (Å²) in [7, 11) is 0. The Balaban J connectivity index is 1.36. The molecule has 0 heterocycles. The third kappa shape index (κ3) is 5.98. The molecule has 4 heteroatoms. The summed E-state index contributed by atoms with van der Waals surface area (Å²) in [5.74, 6) is 1.79. The minimum Gasteiger partial charge on any atom is -0.491 e. The maximum atomic E-state index is 13.5. The maximum Gasteiger partial charge on any atom is 0.163 e. The smallest absolute Gasteiger partial charge is 0.163 e. The molecule has 4 aliphatic rings. The summed E-state index contributed by atoms with van der Waals surface area (Å²) in [6.07, 6.45) is 16.8. The Hall–Kier alpha value is -1.39. The molecule has 1 aromatic carbocycles. The quantitative estimate of drug-likeness (QED) is 0.363. The highest BCUT2D eigenvalue weighted by molar-refractivity contribution is 6.00. The molecule has 5 rings (SSSR count). The lowest BCUT2D eigenvalue weighted by Crippen LogP contribution is -2.49. The fourth-order valence-corrected chi connectivity index (χ4v) is 9.02. The van der Waals surface area contributed by atoms with E-state index in [1.807, 2.05) is 0 Å². The first-order valence-electron chi connectivity index (χ1n) is 16.4. The molecule has 0 spiro atoms. The van der Waals surface area contributed by atoms with Crippen molar-refractivity contribution in [3.63, 3.8) is 0 Å². The maximum absolute atomic E-state index is 13.5. The molecule has 0 bridgehead atoms. The minimum absolute atomic E-state index is 0.00398. The third-order valence-corrected chi connectivity index (χ3v) is 11.2. The van der Waals surface area contributed by atoms with Crippen molar-refractivity contribution < 1.29 is 14.6 Å². The van der Waals surface area contributed by atoms with Crippen LogP contribution in [0.4, 0.5) is 0 Å². The van der Waals surface area contributed by atoms with E-state index in [4.69, 9.17) is 4.74 Å². The van der Waals surface area contributed by atoms with Crippen LogP contribution in [-0.4, -0.2) is 47.1 Å². The monoisotopic (exact) mass is 537 g/mol. The molecule has 3 fully saturated rings. The first-order chi connectivity index (χ1) is 18.6. The van der Waals surface area contributed by atoms with E-state index >= 15 is 0 Å². The second kappa shape index (κ2) is 11.8. The van der Waals surface area contributed by atoms with E-state index in [9.17, 15) is 9.90 Å². The highest BCUT2D eigenvalue weighted by Gasteiger charge is 2.52. The van der Waals surface area contributed by atoms with Crippen molar-refractivity contribution in [2.45, 2.75) is 154 Å². The van der Waals surface area contributed by atoms with E-state index in [-0.39, 0.29) is 16.7 Å². The van der Waals surface area contributed by atoms with Crippen LogP contribution in [0.15, 0.2) is 12.1 Å². The van der Waals surface area contributed by atoms with Gasteiger partial charge < -0.3 is 9.84 Å². The molecule has 4 nitrogen and oxygen atoms in total. The van der Waals surface area contributed by atoms with E-state index < -0.39 is 6.10 Å². The summed E-state index contributed by atoms with van der Waals surface area (Å²) >= 11 is 0. The molecule has 0 saturated heterocycles. The molecule has 0 aliphatic heterocycles. The number of Topliss-reactive ketones (excluding diaryl/α,β-unsaturated/α-hetero) is 1. The zero-order valence-corrected chi connectivity index (χ0v) is 25.6. The molecule has 1 N–H and O–H groups in total. The average Bonchev–Trinajstić information content (AvgIpc) is 2.92. The summed E-state index contributed by atoms with van der Waals surface area (Å²) < 4.78 is 6.53.